The number of anilines is 2. The highest BCUT2D eigenvalue weighted by atomic mass is 16.5. The maximum atomic E-state index is 5.00. The third-order valence-corrected chi connectivity index (χ3v) is 2.62. The van der Waals surface area contributed by atoms with Gasteiger partial charge in [0.15, 0.2) is 0 Å². The molecule has 96 valence electrons. The summed E-state index contributed by atoms with van der Waals surface area (Å²) in [4.78, 5) is 8.66. The number of nitrogens with one attached hydrogen (secondary N) is 1. The van der Waals surface area contributed by atoms with Crippen LogP contribution in [0.4, 0.5) is 11.5 Å². The maximum Gasteiger partial charge on any atom is 0.149 e. The number of ether oxygens (including phenoxy) is 1. The van der Waals surface area contributed by atoms with Gasteiger partial charge in [0.2, 0.25) is 0 Å². The van der Waals surface area contributed by atoms with Crippen molar-refractivity contribution in [2.75, 3.05) is 19.0 Å². The molecule has 0 bridgehead atoms. The van der Waals surface area contributed by atoms with E-state index in [0.717, 1.165) is 29.4 Å². The first-order valence-corrected chi connectivity index (χ1v) is 5.77. The van der Waals surface area contributed by atoms with E-state index in [1.54, 1.807) is 19.5 Å². The zero-order chi connectivity index (χ0) is 13.0. The van der Waals surface area contributed by atoms with Crippen molar-refractivity contribution >= 4 is 11.5 Å². The highest BCUT2D eigenvalue weighted by Crippen LogP contribution is 2.13. The second kappa shape index (κ2) is 5.59. The summed E-state index contributed by atoms with van der Waals surface area (Å²) >= 11 is 0. The first kappa shape index (κ1) is 12.5. The van der Waals surface area contributed by atoms with Gasteiger partial charge in [-0.15, -0.1) is 0 Å². The normalized spacial score (nSPS) is 10.6. The van der Waals surface area contributed by atoms with Crippen LogP contribution in [-0.4, -0.2) is 33.5 Å². The van der Waals surface area contributed by atoms with Gasteiger partial charge < -0.3 is 10.1 Å². The van der Waals surface area contributed by atoms with Crippen molar-refractivity contribution in [1.82, 2.24) is 19.7 Å². The minimum absolute atomic E-state index is 0.643. The topological polar surface area (TPSA) is 64.9 Å². The lowest BCUT2D eigenvalue weighted by molar-refractivity contribution is 0.183. The predicted molar refractivity (Wildman–Crippen MR) is 68.9 cm³/mol. The summed E-state index contributed by atoms with van der Waals surface area (Å²) in [7, 11) is 1.67. The second-order valence-corrected chi connectivity index (χ2v) is 4.04. The Balaban J connectivity index is 2.04. The molecular formula is C12H17N5O. The molecule has 6 heteroatoms. The Morgan fingerprint density at radius 3 is 2.83 bits per heavy atom. The van der Waals surface area contributed by atoms with Gasteiger partial charge in [-0.05, 0) is 13.8 Å². The number of rotatable bonds is 5. The smallest absolute Gasteiger partial charge is 0.149 e. The molecule has 0 amide bonds. The number of methoxy groups -OCH3 is 1. The van der Waals surface area contributed by atoms with Gasteiger partial charge in [-0.25, -0.2) is 4.98 Å². The molecule has 0 atom stereocenters. The summed E-state index contributed by atoms with van der Waals surface area (Å²) in [6.07, 6.45) is 5.39. The average Bonchev–Trinajstić information content (AvgIpc) is 2.79. The molecule has 6 nitrogen and oxygen atoms in total. The van der Waals surface area contributed by atoms with E-state index in [2.05, 4.69) is 20.4 Å². The standard InChI is InChI=1S/C12H17N5O/c1-9-10(2)15-12(7-13-9)16-11-6-14-17(8-11)4-5-18-3/h6-8H,4-5H2,1-3H3,(H,15,16). The van der Waals surface area contributed by atoms with Crippen LogP contribution in [0.15, 0.2) is 18.6 Å². The van der Waals surface area contributed by atoms with Crippen LogP contribution >= 0.6 is 0 Å². The molecule has 0 radical (unpaired) electrons. The molecule has 1 N–H and O–H groups in total. The van der Waals surface area contributed by atoms with Gasteiger partial charge in [0.05, 0.1) is 42.6 Å². The van der Waals surface area contributed by atoms with E-state index in [4.69, 9.17) is 4.74 Å². The lowest BCUT2D eigenvalue weighted by Crippen LogP contribution is -2.04. The molecule has 2 heterocycles. The van der Waals surface area contributed by atoms with Crippen LogP contribution in [0.2, 0.25) is 0 Å². The quantitative estimate of drug-likeness (QED) is 0.870. The molecule has 0 aliphatic heterocycles. The van der Waals surface area contributed by atoms with Crippen molar-refractivity contribution in [1.29, 1.82) is 0 Å². The third-order valence-electron chi connectivity index (χ3n) is 2.62. The van der Waals surface area contributed by atoms with E-state index in [-0.39, 0.29) is 0 Å². The van der Waals surface area contributed by atoms with Crippen LogP contribution < -0.4 is 5.32 Å². The molecule has 0 spiro atoms. The lowest BCUT2D eigenvalue weighted by Gasteiger charge is -2.04. The Morgan fingerprint density at radius 2 is 2.11 bits per heavy atom. The van der Waals surface area contributed by atoms with E-state index in [1.165, 1.54) is 0 Å². The van der Waals surface area contributed by atoms with Crippen molar-refractivity contribution < 1.29 is 4.74 Å². The monoisotopic (exact) mass is 247 g/mol. The van der Waals surface area contributed by atoms with Crippen molar-refractivity contribution in [3.05, 3.63) is 30.0 Å². The molecule has 0 saturated carbocycles. The molecule has 0 unspecified atom stereocenters. The largest absolute Gasteiger partial charge is 0.383 e. The fourth-order valence-corrected chi connectivity index (χ4v) is 1.49. The first-order valence-electron chi connectivity index (χ1n) is 5.77. The highest BCUT2D eigenvalue weighted by molar-refractivity contribution is 5.53. The van der Waals surface area contributed by atoms with Gasteiger partial charge in [0, 0.05) is 13.3 Å². The van der Waals surface area contributed by atoms with Crippen molar-refractivity contribution in [3.8, 4) is 0 Å². The van der Waals surface area contributed by atoms with Crippen LogP contribution in [0.1, 0.15) is 11.4 Å². The zero-order valence-electron chi connectivity index (χ0n) is 10.8. The van der Waals surface area contributed by atoms with E-state index >= 15 is 0 Å². The lowest BCUT2D eigenvalue weighted by atomic mass is 10.3. The molecule has 0 aliphatic rings. The Morgan fingerprint density at radius 1 is 1.28 bits per heavy atom. The molecular weight excluding hydrogens is 230 g/mol. The summed E-state index contributed by atoms with van der Waals surface area (Å²) in [5, 5.41) is 7.39. The van der Waals surface area contributed by atoms with Crippen molar-refractivity contribution in [2.24, 2.45) is 0 Å². The van der Waals surface area contributed by atoms with Crippen LogP contribution in [0.25, 0.3) is 0 Å². The third kappa shape index (κ3) is 3.04. The summed E-state index contributed by atoms with van der Waals surface area (Å²) in [6, 6.07) is 0. The van der Waals surface area contributed by atoms with Crippen molar-refractivity contribution in [2.45, 2.75) is 20.4 Å². The Hall–Kier alpha value is -1.95. The van der Waals surface area contributed by atoms with Gasteiger partial charge in [0.1, 0.15) is 5.82 Å². The Kier molecular flexibility index (Phi) is 3.88. The molecule has 18 heavy (non-hydrogen) atoms. The highest BCUT2D eigenvalue weighted by Gasteiger charge is 2.02. The molecule has 0 fully saturated rings. The molecule has 2 aromatic rings. The maximum absolute atomic E-state index is 5.00. The number of aromatic nitrogens is 4. The average molecular weight is 247 g/mol. The number of nitrogens with zero attached hydrogens (tertiary/aromatic N) is 4. The van der Waals surface area contributed by atoms with Gasteiger partial charge in [-0.3, -0.25) is 9.67 Å². The SMILES string of the molecule is COCCn1cc(Nc2cnc(C)c(C)n2)cn1. The molecule has 2 rings (SSSR count). The summed E-state index contributed by atoms with van der Waals surface area (Å²) in [5.74, 6) is 0.726. The van der Waals surface area contributed by atoms with E-state index in [9.17, 15) is 0 Å². The summed E-state index contributed by atoms with van der Waals surface area (Å²) in [6.45, 7) is 5.26. The number of hydrogen-bond donors (Lipinski definition) is 1. The van der Waals surface area contributed by atoms with Crippen LogP contribution in [-0.2, 0) is 11.3 Å². The Labute approximate surface area is 106 Å². The molecule has 0 aromatic carbocycles. The van der Waals surface area contributed by atoms with Gasteiger partial charge in [-0.1, -0.05) is 0 Å². The number of aryl methyl sites for hydroxylation is 2. The van der Waals surface area contributed by atoms with E-state index in [0.29, 0.717) is 6.61 Å². The van der Waals surface area contributed by atoms with E-state index in [1.807, 2.05) is 24.7 Å². The molecule has 2 aromatic heterocycles. The number of hydrogen-bond acceptors (Lipinski definition) is 5. The fraction of sp³-hybridized carbons (Fsp3) is 0.417. The van der Waals surface area contributed by atoms with Crippen LogP contribution in [0.3, 0.4) is 0 Å². The van der Waals surface area contributed by atoms with Gasteiger partial charge >= 0.3 is 0 Å². The summed E-state index contributed by atoms with van der Waals surface area (Å²) in [5.41, 5.74) is 2.76. The minimum Gasteiger partial charge on any atom is -0.383 e. The van der Waals surface area contributed by atoms with Gasteiger partial charge in [-0.2, -0.15) is 5.10 Å². The summed E-state index contributed by atoms with van der Waals surface area (Å²) < 4.78 is 6.82. The molecule has 0 saturated heterocycles. The van der Waals surface area contributed by atoms with Crippen molar-refractivity contribution in [3.63, 3.8) is 0 Å². The second-order valence-electron chi connectivity index (χ2n) is 4.04. The predicted octanol–water partition coefficient (Wildman–Crippen LogP) is 1.68. The van der Waals surface area contributed by atoms with Crippen LogP contribution in [0.5, 0.6) is 0 Å². The Bertz CT molecular complexity index is 523. The van der Waals surface area contributed by atoms with Gasteiger partial charge in [0.25, 0.3) is 0 Å². The fourth-order valence-electron chi connectivity index (χ4n) is 1.49. The molecule has 0 aliphatic carbocycles. The zero-order valence-corrected chi connectivity index (χ0v) is 10.8. The first-order chi connectivity index (χ1) is 8.69. The van der Waals surface area contributed by atoms with E-state index < -0.39 is 0 Å². The van der Waals surface area contributed by atoms with Crippen LogP contribution in [0, 0.1) is 13.8 Å². The minimum atomic E-state index is 0.643.